The van der Waals surface area contributed by atoms with Crippen LogP contribution in [0, 0.1) is 0 Å². The van der Waals surface area contributed by atoms with Crippen molar-refractivity contribution in [3.05, 3.63) is 125 Å². The molecule has 0 aliphatic carbocycles. The summed E-state index contributed by atoms with van der Waals surface area (Å²) in [5.74, 6) is -0.0520. The minimum absolute atomic E-state index is 0.0477. The van der Waals surface area contributed by atoms with Crippen LogP contribution in [0.2, 0.25) is 0 Å². The number of pyridine rings is 1. The number of aromatic hydroxyl groups is 1. The number of carbonyl (C=O) groups excluding carboxylic acids is 3. The molecule has 0 saturated carbocycles. The molecule has 1 atom stereocenters. The van der Waals surface area contributed by atoms with Gasteiger partial charge in [0.25, 0.3) is 0 Å². The van der Waals surface area contributed by atoms with Crippen molar-refractivity contribution in [3.8, 4) is 16.9 Å². The first-order valence-corrected chi connectivity index (χ1v) is 20.3. The lowest BCUT2D eigenvalue weighted by Crippen LogP contribution is -2.40. The second-order valence-electron chi connectivity index (χ2n) is 15.0. The molecule has 1 aliphatic rings. The molecule has 1 aliphatic heterocycles. The van der Waals surface area contributed by atoms with E-state index in [1.165, 1.54) is 12.1 Å². The average molecular weight is 803 g/mol. The Bertz CT molecular complexity index is 2220. The van der Waals surface area contributed by atoms with Crippen LogP contribution >= 0.6 is 0 Å². The lowest BCUT2D eigenvalue weighted by molar-refractivity contribution is -0.130. The van der Waals surface area contributed by atoms with Gasteiger partial charge in [-0.15, -0.1) is 0 Å². The van der Waals surface area contributed by atoms with Gasteiger partial charge in [-0.2, -0.15) is 0 Å². The molecule has 1 fully saturated rings. The number of amides is 3. The van der Waals surface area contributed by atoms with Gasteiger partial charge in [0.1, 0.15) is 11.9 Å². The van der Waals surface area contributed by atoms with Crippen molar-refractivity contribution in [2.24, 2.45) is 0 Å². The number of nitrogens with one attached hydrogen (secondary N) is 4. The number of aromatic amines is 1. The second kappa shape index (κ2) is 21.1. The predicted molar refractivity (Wildman–Crippen MR) is 230 cm³/mol. The summed E-state index contributed by atoms with van der Waals surface area (Å²) >= 11 is 0. The number of aromatic nitrogens is 1. The predicted octanol–water partition coefficient (Wildman–Crippen LogP) is 6.44. The number of piperidine rings is 1. The third-order valence-electron chi connectivity index (χ3n) is 10.7. The van der Waals surface area contributed by atoms with E-state index in [-0.39, 0.29) is 29.2 Å². The number of fused-ring (bicyclic) bond motifs is 1. The molecule has 6 rings (SSSR count). The molecule has 1 aromatic heterocycles. The molecule has 59 heavy (non-hydrogen) atoms. The standard InChI is InChI=1S/C46H54N6O7/c1-51(44(57)25-30-52-28-23-35(24-29-52)59-46(58)49-39-12-6-5-11-36(39)33-9-3-2-4-10-33)27-8-7-13-42(55)48-34-16-14-32(15-17-34)22-26-47-31-41(54)37-18-20-40(53)45-38(37)19-21-43(56)50-45/h2-6,9-12,14-21,35,41,47,53-54H,7-8,13,22-31H2,1H3,(H,48,55)(H,49,58)(H,50,56)/t41-/m0/s1. The van der Waals surface area contributed by atoms with Crippen LogP contribution in [0.1, 0.15) is 55.8 Å². The number of phenols is 1. The molecular formula is C46H54N6O7. The lowest BCUT2D eigenvalue weighted by atomic mass is 10.0. The summed E-state index contributed by atoms with van der Waals surface area (Å²) in [5, 5.41) is 30.6. The number of phenolic OH excluding ortho intramolecular Hbond substituents is 1. The molecule has 5 aromatic rings. The number of para-hydroxylation sites is 1. The highest BCUT2D eigenvalue weighted by molar-refractivity contribution is 5.92. The van der Waals surface area contributed by atoms with E-state index in [0.717, 1.165) is 48.3 Å². The number of rotatable bonds is 18. The molecule has 310 valence electrons. The SMILES string of the molecule is CN(CCCCC(=O)Nc1ccc(CCNC[C@H](O)c2ccc(O)c3[nH]c(=O)ccc23)cc1)C(=O)CCN1CCC(OC(=O)Nc2ccccc2-c2ccccc2)CC1. The number of anilines is 2. The molecular weight excluding hydrogens is 749 g/mol. The van der Waals surface area contributed by atoms with Gasteiger partial charge >= 0.3 is 6.09 Å². The van der Waals surface area contributed by atoms with Gasteiger partial charge in [0.05, 0.1) is 17.3 Å². The molecule has 0 radical (unpaired) electrons. The van der Waals surface area contributed by atoms with Crippen LogP contribution in [0.3, 0.4) is 0 Å². The van der Waals surface area contributed by atoms with Crippen molar-refractivity contribution >= 4 is 40.2 Å². The molecule has 13 heteroatoms. The highest BCUT2D eigenvalue weighted by Gasteiger charge is 2.24. The van der Waals surface area contributed by atoms with Crippen LogP contribution in [-0.4, -0.2) is 95.3 Å². The van der Waals surface area contributed by atoms with Gasteiger partial charge in [0.2, 0.25) is 17.4 Å². The minimum Gasteiger partial charge on any atom is -0.506 e. The van der Waals surface area contributed by atoms with E-state index < -0.39 is 12.2 Å². The van der Waals surface area contributed by atoms with Gasteiger partial charge in [0, 0.05) is 75.3 Å². The van der Waals surface area contributed by atoms with Crippen molar-refractivity contribution < 1.29 is 29.3 Å². The fraction of sp³-hybridized carbons (Fsp3) is 0.348. The zero-order chi connectivity index (χ0) is 41.6. The third kappa shape index (κ3) is 12.5. The maximum atomic E-state index is 12.8. The van der Waals surface area contributed by atoms with Crippen molar-refractivity contribution in [2.75, 3.05) is 56.9 Å². The van der Waals surface area contributed by atoms with Crippen molar-refractivity contribution in [2.45, 2.75) is 57.2 Å². The summed E-state index contributed by atoms with van der Waals surface area (Å²) in [6.45, 7) is 3.65. The van der Waals surface area contributed by atoms with Gasteiger partial charge in [0.15, 0.2) is 0 Å². The molecule has 3 amide bonds. The average Bonchev–Trinajstić information content (AvgIpc) is 3.24. The lowest BCUT2D eigenvalue weighted by Gasteiger charge is -2.31. The number of hydrogen-bond acceptors (Lipinski definition) is 9. The molecule has 4 aromatic carbocycles. The fourth-order valence-electron chi connectivity index (χ4n) is 7.32. The van der Waals surface area contributed by atoms with Gasteiger partial charge in [-0.25, -0.2) is 4.79 Å². The number of ether oxygens (including phenoxy) is 1. The summed E-state index contributed by atoms with van der Waals surface area (Å²) in [5.41, 5.74) is 5.03. The number of aliphatic hydroxyl groups excluding tert-OH is 1. The van der Waals surface area contributed by atoms with E-state index in [9.17, 15) is 29.4 Å². The Kier molecular flexibility index (Phi) is 15.2. The Morgan fingerprint density at radius 3 is 2.41 bits per heavy atom. The number of nitrogens with zero attached hydrogens (tertiary/aromatic N) is 2. The number of H-pyrrole nitrogens is 1. The molecule has 0 bridgehead atoms. The monoisotopic (exact) mass is 802 g/mol. The molecule has 0 spiro atoms. The number of aliphatic hydroxyl groups is 1. The van der Waals surface area contributed by atoms with E-state index in [1.54, 1.807) is 24.1 Å². The van der Waals surface area contributed by atoms with E-state index in [1.807, 2.05) is 78.9 Å². The first-order chi connectivity index (χ1) is 28.6. The number of hydrogen-bond donors (Lipinski definition) is 6. The maximum Gasteiger partial charge on any atom is 0.411 e. The summed E-state index contributed by atoms with van der Waals surface area (Å²) < 4.78 is 5.75. The molecule has 13 nitrogen and oxygen atoms in total. The Labute approximate surface area is 344 Å². The normalized spacial score (nSPS) is 13.8. The van der Waals surface area contributed by atoms with E-state index >= 15 is 0 Å². The summed E-state index contributed by atoms with van der Waals surface area (Å²) in [6.07, 6.45) is 2.82. The summed E-state index contributed by atoms with van der Waals surface area (Å²) in [7, 11) is 1.80. The van der Waals surface area contributed by atoms with Crippen molar-refractivity contribution in [3.63, 3.8) is 0 Å². The molecule has 1 saturated heterocycles. The third-order valence-corrected chi connectivity index (χ3v) is 10.7. The molecule has 2 heterocycles. The van der Waals surface area contributed by atoms with Gasteiger partial charge in [-0.1, -0.05) is 66.7 Å². The minimum atomic E-state index is -0.830. The first-order valence-electron chi connectivity index (χ1n) is 20.3. The van der Waals surface area contributed by atoms with Crippen LogP contribution in [-0.2, 0) is 20.7 Å². The number of unbranched alkanes of at least 4 members (excludes halogenated alkanes) is 1. The Morgan fingerprint density at radius 2 is 1.63 bits per heavy atom. The van der Waals surface area contributed by atoms with E-state index in [4.69, 9.17) is 4.74 Å². The quantitative estimate of drug-likeness (QED) is 0.0545. The highest BCUT2D eigenvalue weighted by Crippen LogP contribution is 2.29. The largest absolute Gasteiger partial charge is 0.506 e. The van der Waals surface area contributed by atoms with Crippen molar-refractivity contribution in [1.29, 1.82) is 0 Å². The number of carbonyl (C=O) groups is 3. The molecule has 6 N–H and O–H groups in total. The number of benzene rings is 4. The summed E-state index contributed by atoms with van der Waals surface area (Å²) in [4.78, 5) is 56.5. The maximum absolute atomic E-state index is 12.8. The van der Waals surface area contributed by atoms with E-state index in [2.05, 4.69) is 25.8 Å². The topological polar surface area (TPSA) is 176 Å². The number of likely N-dealkylation sites (tertiary alicyclic amines) is 1. The van der Waals surface area contributed by atoms with Gasteiger partial charge < -0.3 is 40.4 Å². The van der Waals surface area contributed by atoms with Crippen LogP contribution in [0.4, 0.5) is 16.2 Å². The second-order valence-corrected chi connectivity index (χ2v) is 15.0. The van der Waals surface area contributed by atoms with E-state index in [0.29, 0.717) is 80.4 Å². The zero-order valence-corrected chi connectivity index (χ0v) is 33.5. The van der Waals surface area contributed by atoms with Crippen LogP contribution in [0.25, 0.3) is 22.0 Å². The van der Waals surface area contributed by atoms with Crippen LogP contribution in [0.15, 0.2) is 108 Å². The summed E-state index contributed by atoms with van der Waals surface area (Å²) in [6, 6.07) is 31.3. The van der Waals surface area contributed by atoms with Gasteiger partial charge in [-0.3, -0.25) is 19.7 Å². The molecule has 0 unspecified atom stereocenters. The van der Waals surface area contributed by atoms with Gasteiger partial charge in [-0.05, 0) is 85.7 Å². The Morgan fingerprint density at radius 1 is 0.881 bits per heavy atom. The smallest absolute Gasteiger partial charge is 0.411 e. The Balaban J connectivity index is 0.803. The fourth-order valence-corrected chi connectivity index (χ4v) is 7.32. The zero-order valence-electron chi connectivity index (χ0n) is 33.5. The highest BCUT2D eigenvalue weighted by atomic mass is 16.6. The van der Waals surface area contributed by atoms with Crippen molar-refractivity contribution in [1.82, 2.24) is 20.1 Å². The van der Waals surface area contributed by atoms with Crippen LogP contribution in [0.5, 0.6) is 5.75 Å². The van der Waals surface area contributed by atoms with Crippen LogP contribution < -0.4 is 21.5 Å². The first kappa shape index (κ1) is 42.6. The Hall–Kier alpha value is -6.02.